The van der Waals surface area contributed by atoms with Crippen LogP contribution < -0.4 is 0 Å². The van der Waals surface area contributed by atoms with Gasteiger partial charge in [0.05, 0.1) is 18.3 Å². The first-order valence-corrected chi connectivity index (χ1v) is 5.41. The van der Waals surface area contributed by atoms with Gasteiger partial charge < -0.3 is 5.11 Å². The third-order valence-corrected chi connectivity index (χ3v) is 2.67. The standard InChI is InChI=1S/C12H16N2O/c1-2-3-7-14-12-6-4-5-10(9-15)11(12)8-13-14/h4-6,8,15H,2-3,7,9H2,1H3. The SMILES string of the molecule is CCCCn1ncc2c(CO)cccc21. The van der Waals surface area contributed by atoms with Gasteiger partial charge in [0, 0.05) is 11.9 Å². The molecule has 0 amide bonds. The van der Waals surface area contributed by atoms with Crippen molar-refractivity contribution in [2.45, 2.75) is 32.9 Å². The van der Waals surface area contributed by atoms with Crippen LogP contribution in [0.1, 0.15) is 25.3 Å². The van der Waals surface area contributed by atoms with Crippen molar-refractivity contribution >= 4 is 10.9 Å². The van der Waals surface area contributed by atoms with Crippen LogP contribution in [0, 0.1) is 0 Å². The molecule has 2 aromatic rings. The molecule has 0 bridgehead atoms. The molecule has 0 saturated carbocycles. The molecule has 0 spiro atoms. The van der Waals surface area contributed by atoms with E-state index >= 15 is 0 Å². The number of aliphatic hydroxyl groups excluding tert-OH is 1. The molecule has 0 aliphatic heterocycles. The molecule has 0 unspecified atom stereocenters. The molecule has 0 aliphatic rings. The zero-order chi connectivity index (χ0) is 10.7. The van der Waals surface area contributed by atoms with Crippen molar-refractivity contribution in [3.05, 3.63) is 30.0 Å². The lowest BCUT2D eigenvalue weighted by molar-refractivity contribution is 0.283. The Morgan fingerprint density at radius 3 is 3.00 bits per heavy atom. The van der Waals surface area contributed by atoms with Crippen molar-refractivity contribution in [3.63, 3.8) is 0 Å². The summed E-state index contributed by atoms with van der Waals surface area (Å²) in [5, 5.41) is 14.6. The molecule has 0 saturated heterocycles. The Morgan fingerprint density at radius 1 is 1.40 bits per heavy atom. The van der Waals surface area contributed by atoms with E-state index < -0.39 is 0 Å². The van der Waals surface area contributed by atoms with Crippen LogP contribution >= 0.6 is 0 Å². The highest BCUT2D eigenvalue weighted by atomic mass is 16.3. The zero-order valence-corrected chi connectivity index (χ0v) is 8.98. The summed E-state index contributed by atoms with van der Waals surface area (Å²) in [5.41, 5.74) is 2.07. The summed E-state index contributed by atoms with van der Waals surface area (Å²) in [6.45, 7) is 3.20. The average molecular weight is 204 g/mol. The number of nitrogens with zero attached hydrogens (tertiary/aromatic N) is 2. The summed E-state index contributed by atoms with van der Waals surface area (Å²) in [4.78, 5) is 0. The Balaban J connectivity index is 2.42. The van der Waals surface area contributed by atoms with Crippen LogP contribution in [0.4, 0.5) is 0 Å². The van der Waals surface area contributed by atoms with Crippen LogP contribution in [0.2, 0.25) is 0 Å². The van der Waals surface area contributed by atoms with Crippen LogP contribution in [0.3, 0.4) is 0 Å². The van der Waals surface area contributed by atoms with Gasteiger partial charge in [0.15, 0.2) is 0 Å². The van der Waals surface area contributed by atoms with Gasteiger partial charge in [-0.1, -0.05) is 25.5 Å². The fourth-order valence-corrected chi connectivity index (χ4v) is 1.79. The van der Waals surface area contributed by atoms with E-state index in [1.807, 2.05) is 23.0 Å². The maximum absolute atomic E-state index is 9.18. The minimum atomic E-state index is 0.0802. The first kappa shape index (κ1) is 10.2. The van der Waals surface area contributed by atoms with Gasteiger partial charge in [-0.15, -0.1) is 0 Å². The van der Waals surface area contributed by atoms with Crippen LogP contribution in [0.25, 0.3) is 10.9 Å². The Bertz CT molecular complexity index is 448. The molecule has 2 rings (SSSR count). The number of fused-ring (bicyclic) bond motifs is 1. The molecule has 0 aliphatic carbocycles. The average Bonchev–Trinajstić information content (AvgIpc) is 2.69. The molecule has 3 heteroatoms. The van der Waals surface area contributed by atoms with E-state index in [-0.39, 0.29) is 6.61 Å². The molecule has 15 heavy (non-hydrogen) atoms. The van der Waals surface area contributed by atoms with Crippen molar-refractivity contribution in [3.8, 4) is 0 Å². The van der Waals surface area contributed by atoms with Gasteiger partial charge in [0.25, 0.3) is 0 Å². The molecule has 1 heterocycles. The van der Waals surface area contributed by atoms with Crippen LogP contribution in [0.15, 0.2) is 24.4 Å². The fourth-order valence-electron chi connectivity index (χ4n) is 1.79. The predicted octanol–water partition coefficient (Wildman–Crippen LogP) is 2.33. The van der Waals surface area contributed by atoms with E-state index in [2.05, 4.69) is 18.1 Å². The quantitative estimate of drug-likeness (QED) is 0.830. The summed E-state index contributed by atoms with van der Waals surface area (Å²) in [5.74, 6) is 0. The highest BCUT2D eigenvalue weighted by Gasteiger charge is 2.05. The number of rotatable bonds is 4. The van der Waals surface area contributed by atoms with E-state index in [0.29, 0.717) is 0 Å². The molecule has 0 fully saturated rings. The van der Waals surface area contributed by atoms with Crippen LogP contribution in [-0.2, 0) is 13.2 Å². The van der Waals surface area contributed by atoms with Crippen LogP contribution in [0.5, 0.6) is 0 Å². The van der Waals surface area contributed by atoms with Crippen molar-refractivity contribution in [1.29, 1.82) is 0 Å². The highest BCUT2D eigenvalue weighted by molar-refractivity contribution is 5.82. The van der Waals surface area contributed by atoms with Gasteiger partial charge in [-0.2, -0.15) is 5.10 Å². The van der Waals surface area contributed by atoms with Crippen LogP contribution in [-0.4, -0.2) is 14.9 Å². The van der Waals surface area contributed by atoms with E-state index in [1.54, 1.807) is 0 Å². The van der Waals surface area contributed by atoms with Crippen molar-refractivity contribution < 1.29 is 5.11 Å². The third-order valence-electron chi connectivity index (χ3n) is 2.67. The molecule has 1 aromatic carbocycles. The minimum Gasteiger partial charge on any atom is -0.392 e. The third kappa shape index (κ3) is 1.88. The first-order valence-electron chi connectivity index (χ1n) is 5.41. The summed E-state index contributed by atoms with van der Waals surface area (Å²) >= 11 is 0. The van der Waals surface area contributed by atoms with Crippen molar-refractivity contribution in [2.24, 2.45) is 0 Å². The monoisotopic (exact) mass is 204 g/mol. The molecule has 1 N–H and O–H groups in total. The Morgan fingerprint density at radius 2 is 2.27 bits per heavy atom. The van der Waals surface area contributed by atoms with Gasteiger partial charge in [-0.05, 0) is 18.1 Å². The lowest BCUT2D eigenvalue weighted by Crippen LogP contribution is -1.99. The fraction of sp³-hybridized carbons (Fsp3) is 0.417. The predicted molar refractivity (Wildman–Crippen MR) is 60.6 cm³/mol. The second kappa shape index (κ2) is 4.45. The molecular weight excluding hydrogens is 188 g/mol. The molecular formula is C12H16N2O. The molecule has 3 nitrogen and oxygen atoms in total. The van der Waals surface area contributed by atoms with E-state index in [0.717, 1.165) is 29.4 Å². The second-order valence-corrected chi connectivity index (χ2v) is 3.73. The number of unbranched alkanes of at least 4 members (excludes halogenated alkanes) is 1. The summed E-state index contributed by atoms with van der Waals surface area (Å²) in [6.07, 6.45) is 4.15. The Labute approximate surface area is 89.3 Å². The minimum absolute atomic E-state index is 0.0802. The smallest absolute Gasteiger partial charge is 0.0689 e. The summed E-state index contributed by atoms with van der Waals surface area (Å²) < 4.78 is 2.01. The number of aliphatic hydroxyl groups is 1. The lowest BCUT2D eigenvalue weighted by Gasteiger charge is -2.03. The zero-order valence-electron chi connectivity index (χ0n) is 8.98. The normalized spacial score (nSPS) is 11.1. The number of hydrogen-bond donors (Lipinski definition) is 1. The topological polar surface area (TPSA) is 38.0 Å². The van der Waals surface area contributed by atoms with Gasteiger partial charge in [-0.25, -0.2) is 0 Å². The largest absolute Gasteiger partial charge is 0.392 e. The Hall–Kier alpha value is -1.35. The maximum Gasteiger partial charge on any atom is 0.0689 e. The lowest BCUT2D eigenvalue weighted by atomic mass is 10.1. The molecule has 0 atom stereocenters. The van der Waals surface area contributed by atoms with Gasteiger partial charge in [-0.3, -0.25) is 4.68 Å². The number of aromatic nitrogens is 2. The van der Waals surface area contributed by atoms with Crippen molar-refractivity contribution in [1.82, 2.24) is 9.78 Å². The number of hydrogen-bond acceptors (Lipinski definition) is 2. The van der Waals surface area contributed by atoms with Gasteiger partial charge in [0.2, 0.25) is 0 Å². The van der Waals surface area contributed by atoms with E-state index in [9.17, 15) is 5.11 Å². The van der Waals surface area contributed by atoms with Crippen molar-refractivity contribution in [2.75, 3.05) is 0 Å². The maximum atomic E-state index is 9.18. The Kier molecular flexibility index (Phi) is 3.02. The summed E-state index contributed by atoms with van der Waals surface area (Å²) in [7, 11) is 0. The van der Waals surface area contributed by atoms with E-state index in [4.69, 9.17) is 0 Å². The van der Waals surface area contributed by atoms with Gasteiger partial charge >= 0.3 is 0 Å². The number of benzene rings is 1. The molecule has 0 radical (unpaired) electrons. The van der Waals surface area contributed by atoms with Gasteiger partial charge in [0.1, 0.15) is 0 Å². The highest BCUT2D eigenvalue weighted by Crippen LogP contribution is 2.18. The number of aryl methyl sites for hydroxylation is 1. The summed E-state index contributed by atoms with van der Waals surface area (Å²) in [6, 6.07) is 5.96. The molecule has 1 aromatic heterocycles. The first-order chi connectivity index (χ1) is 7.36. The van der Waals surface area contributed by atoms with E-state index in [1.165, 1.54) is 6.42 Å². The molecule has 80 valence electrons. The second-order valence-electron chi connectivity index (χ2n) is 3.73.